The number of ether oxygens (including phenoxy) is 1. The van der Waals surface area contributed by atoms with Gasteiger partial charge in [-0.1, -0.05) is 6.08 Å². The molecule has 0 aromatic carbocycles. The number of H-pyrrole nitrogens is 1. The summed E-state index contributed by atoms with van der Waals surface area (Å²) < 4.78 is 6.48. The molecule has 0 amide bonds. The number of aromatic amines is 1. The lowest BCUT2D eigenvalue weighted by Gasteiger charge is -2.32. The molecule has 1 aliphatic heterocycles. The van der Waals surface area contributed by atoms with Gasteiger partial charge >= 0.3 is 5.69 Å². The summed E-state index contributed by atoms with van der Waals surface area (Å²) >= 11 is 0. The smallest absolute Gasteiger partial charge is 0.330 e. The predicted molar refractivity (Wildman–Crippen MR) is 68.1 cm³/mol. The van der Waals surface area contributed by atoms with E-state index in [1.54, 1.807) is 0 Å². The molecule has 1 fully saturated rings. The van der Waals surface area contributed by atoms with Gasteiger partial charge in [-0.05, 0) is 0 Å². The van der Waals surface area contributed by atoms with Crippen LogP contribution in [0, 0.1) is 0 Å². The molecule has 1 saturated heterocycles. The Bertz CT molecular complexity index is 608. The lowest BCUT2D eigenvalue weighted by Crippen LogP contribution is -2.51. The lowest BCUT2D eigenvalue weighted by atomic mass is 9.99. The highest BCUT2D eigenvalue weighted by Crippen LogP contribution is 2.37. The van der Waals surface area contributed by atoms with Crippen molar-refractivity contribution in [3.63, 3.8) is 0 Å². The van der Waals surface area contributed by atoms with Crippen LogP contribution in [0.25, 0.3) is 0 Å². The number of hydrogen-bond acceptors (Lipinski definition) is 6. The molecule has 8 heteroatoms. The van der Waals surface area contributed by atoms with E-state index in [9.17, 15) is 19.8 Å². The molecular weight excluding hydrogens is 268 g/mol. The standard InChI is InChI=1S/C12H16N2O6/c1-2-4-12(10(18)9(17)7(6-15)20-12)14-5-3-8(16)13-11(14)19/h2-3,5,7,9-10,15,17-18H,1,4,6H2,(H,13,16,19)/t7-,9-,10-,12-/m1/s1. The van der Waals surface area contributed by atoms with Gasteiger partial charge in [-0.25, -0.2) is 4.79 Å². The molecular formula is C12H16N2O6. The second kappa shape index (κ2) is 5.33. The first-order valence-corrected chi connectivity index (χ1v) is 6.04. The van der Waals surface area contributed by atoms with Gasteiger partial charge < -0.3 is 20.1 Å². The predicted octanol–water partition coefficient (Wildman–Crippen LogP) is -2.12. The number of hydrogen-bond donors (Lipinski definition) is 4. The van der Waals surface area contributed by atoms with Crippen molar-refractivity contribution in [2.75, 3.05) is 6.61 Å². The van der Waals surface area contributed by atoms with Gasteiger partial charge in [0.05, 0.1) is 6.61 Å². The Morgan fingerprint density at radius 2 is 2.20 bits per heavy atom. The highest BCUT2D eigenvalue weighted by Gasteiger charge is 2.55. The molecule has 2 rings (SSSR count). The first-order valence-electron chi connectivity index (χ1n) is 6.04. The zero-order chi connectivity index (χ0) is 14.9. The maximum Gasteiger partial charge on any atom is 0.330 e. The van der Waals surface area contributed by atoms with Crippen molar-refractivity contribution in [3.05, 3.63) is 45.8 Å². The number of aliphatic hydroxyl groups is 3. The molecule has 1 aromatic rings. The molecule has 0 aliphatic carbocycles. The monoisotopic (exact) mass is 284 g/mol. The van der Waals surface area contributed by atoms with Gasteiger partial charge in [0.15, 0.2) is 5.72 Å². The fourth-order valence-corrected chi connectivity index (χ4v) is 2.41. The Kier molecular flexibility index (Phi) is 3.91. The van der Waals surface area contributed by atoms with Crippen molar-refractivity contribution < 1.29 is 20.1 Å². The molecule has 0 bridgehead atoms. The quantitative estimate of drug-likeness (QED) is 0.468. The van der Waals surface area contributed by atoms with Gasteiger partial charge in [-0.2, -0.15) is 0 Å². The van der Waals surface area contributed by atoms with Crippen LogP contribution in [0.1, 0.15) is 6.42 Å². The van der Waals surface area contributed by atoms with E-state index >= 15 is 0 Å². The van der Waals surface area contributed by atoms with Crippen LogP contribution in [0.2, 0.25) is 0 Å². The lowest BCUT2D eigenvalue weighted by molar-refractivity contribution is -0.148. The highest BCUT2D eigenvalue weighted by molar-refractivity contribution is 5.04. The third-order valence-electron chi connectivity index (χ3n) is 3.37. The van der Waals surface area contributed by atoms with E-state index in [0.29, 0.717) is 0 Å². The minimum atomic E-state index is -1.62. The van der Waals surface area contributed by atoms with E-state index in [1.165, 1.54) is 12.3 Å². The highest BCUT2D eigenvalue weighted by atomic mass is 16.6. The van der Waals surface area contributed by atoms with Gasteiger partial charge in [-0.3, -0.25) is 14.3 Å². The van der Waals surface area contributed by atoms with Crippen molar-refractivity contribution in [2.45, 2.75) is 30.5 Å². The van der Waals surface area contributed by atoms with Crippen LogP contribution in [0.3, 0.4) is 0 Å². The fraction of sp³-hybridized carbons (Fsp3) is 0.500. The minimum absolute atomic E-state index is 0.00762. The minimum Gasteiger partial charge on any atom is -0.394 e. The summed E-state index contributed by atoms with van der Waals surface area (Å²) in [6.45, 7) is 3.01. The molecule has 1 aliphatic rings. The zero-order valence-corrected chi connectivity index (χ0v) is 10.6. The maximum absolute atomic E-state index is 11.9. The third-order valence-corrected chi connectivity index (χ3v) is 3.37. The maximum atomic E-state index is 11.9. The Labute approximate surface area is 113 Å². The molecule has 0 radical (unpaired) electrons. The molecule has 0 unspecified atom stereocenters. The summed E-state index contributed by atoms with van der Waals surface area (Å²) in [7, 11) is 0. The summed E-state index contributed by atoms with van der Waals surface area (Å²) in [5.74, 6) is 0. The van der Waals surface area contributed by atoms with E-state index in [2.05, 4.69) is 6.58 Å². The summed E-state index contributed by atoms with van der Waals surface area (Å²) in [6.07, 6.45) is -1.27. The van der Waals surface area contributed by atoms with Gasteiger partial charge in [0.2, 0.25) is 0 Å². The van der Waals surface area contributed by atoms with Crippen molar-refractivity contribution >= 4 is 0 Å². The zero-order valence-electron chi connectivity index (χ0n) is 10.6. The number of nitrogens with zero attached hydrogens (tertiary/aromatic N) is 1. The van der Waals surface area contributed by atoms with Gasteiger partial charge in [0.25, 0.3) is 5.56 Å². The fourth-order valence-electron chi connectivity index (χ4n) is 2.41. The van der Waals surface area contributed by atoms with Crippen molar-refractivity contribution in [3.8, 4) is 0 Å². The van der Waals surface area contributed by atoms with Crippen LogP contribution in [0.5, 0.6) is 0 Å². The molecule has 2 heterocycles. The van der Waals surface area contributed by atoms with E-state index < -0.39 is 41.9 Å². The van der Waals surface area contributed by atoms with Crippen LogP contribution in [0.15, 0.2) is 34.5 Å². The van der Waals surface area contributed by atoms with Crippen LogP contribution in [0.4, 0.5) is 0 Å². The summed E-state index contributed by atoms with van der Waals surface area (Å²) in [5, 5.41) is 29.2. The van der Waals surface area contributed by atoms with Gasteiger partial charge in [0, 0.05) is 18.7 Å². The van der Waals surface area contributed by atoms with E-state index in [0.717, 1.165) is 10.6 Å². The Hall–Kier alpha value is -1.74. The molecule has 8 nitrogen and oxygen atoms in total. The topological polar surface area (TPSA) is 125 Å². The first-order chi connectivity index (χ1) is 9.46. The molecule has 0 saturated carbocycles. The van der Waals surface area contributed by atoms with E-state index in [-0.39, 0.29) is 6.42 Å². The number of aromatic nitrogens is 2. The second-order valence-corrected chi connectivity index (χ2v) is 4.59. The normalized spacial score (nSPS) is 33.2. The van der Waals surface area contributed by atoms with Crippen LogP contribution in [-0.2, 0) is 10.5 Å². The van der Waals surface area contributed by atoms with Gasteiger partial charge in [0.1, 0.15) is 18.3 Å². The summed E-state index contributed by atoms with van der Waals surface area (Å²) in [5.41, 5.74) is -2.99. The molecule has 0 spiro atoms. The molecule has 110 valence electrons. The molecule has 4 N–H and O–H groups in total. The van der Waals surface area contributed by atoms with Crippen LogP contribution >= 0.6 is 0 Å². The Morgan fingerprint density at radius 3 is 2.70 bits per heavy atom. The Morgan fingerprint density at radius 1 is 1.50 bits per heavy atom. The summed E-state index contributed by atoms with van der Waals surface area (Å²) in [4.78, 5) is 25.0. The summed E-state index contributed by atoms with van der Waals surface area (Å²) in [6, 6.07) is 1.10. The molecule has 4 atom stereocenters. The Balaban J connectivity index is 2.58. The SMILES string of the molecule is C=CC[C@@]1(n2ccc(=O)[nH]c2=O)O[C@H](CO)[C@@H](O)[C@H]1O. The average molecular weight is 284 g/mol. The average Bonchev–Trinajstić information content (AvgIpc) is 2.65. The van der Waals surface area contributed by atoms with Crippen molar-refractivity contribution in [1.82, 2.24) is 9.55 Å². The first kappa shape index (κ1) is 14.7. The van der Waals surface area contributed by atoms with Crippen LogP contribution in [-0.4, -0.2) is 49.8 Å². The second-order valence-electron chi connectivity index (χ2n) is 4.59. The number of nitrogens with one attached hydrogen (secondary N) is 1. The third kappa shape index (κ3) is 2.12. The van der Waals surface area contributed by atoms with E-state index in [1.807, 2.05) is 4.98 Å². The number of aliphatic hydroxyl groups excluding tert-OH is 3. The number of rotatable bonds is 4. The van der Waals surface area contributed by atoms with E-state index in [4.69, 9.17) is 9.84 Å². The molecule has 1 aromatic heterocycles. The van der Waals surface area contributed by atoms with Gasteiger partial charge in [-0.15, -0.1) is 6.58 Å². The largest absolute Gasteiger partial charge is 0.394 e. The van der Waals surface area contributed by atoms with Crippen molar-refractivity contribution in [1.29, 1.82) is 0 Å². The molecule has 20 heavy (non-hydrogen) atoms. The van der Waals surface area contributed by atoms with Crippen molar-refractivity contribution in [2.24, 2.45) is 0 Å². The van der Waals surface area contributed by atoms with Crippen LogP contribution < -0.4 is 11.2 Å².